The number of methoxy groups -OCH3 is 1. The maximum absolute atomic E-state index is 11.9. The van der Waals surface area contributed by atoms with E-state index in [4.69, 9.17) is 4.74 Å². The highest BCUT2D eigenvalue weighted by Gasteiger charge is 2.52. The summed E-state index contributed by atoms with van der Waals surface area (Å²) in [6, 6.07) is 16.7. The molecule has 1 fully saturated rings. The van der Waals surface area contributed by atoms with Crippen molar-refractivity contribution in [3.63, 3.8) is 0 Å². The molecule has 0 unspecified atom stereocenters. The molecule has 0 aromatic heterocycles. The topological polar surface area (TPSA) is 26.3 Å². The number of hydrogen-bond acceptors (Lipinski definition) is 2. The Morgan fingerprint density at radius 3 is 1.90 bits per heavy atom. The van der Waals surface area contributed by atoms with E-state index in [1.807, 2.05) is 0 Å². The molecule has 0 atom stereocenters. The number of carbonyl (C=O) groups excluding carboxylic acids is 1. The van der Waals surface area contributed by atoms with Crippen molar-refractivity contribution in [1.29, 1.82) is 0 Å². The van der Waals surface area contributed by atoms with Gasteiger partial charge in [-0.25, -0.2) is 0 Å². The fourth-order valence-corrected chi connectivity index (χ4v) is 2.66. The largest absolute Gasteiger partial charge is 0.468 e. The Labute approximate surface area is 119 Å². The zero-order valence-corrected chi connectivity index (χ0v) is 11.8. The molecule has 1 aliphatic carbocycles. The van der Waals surface area contributed by atoms with E-state index in [1.54, 1.807) is 0 Å². The Kier molecular flexibility index (Phi) is 3.09. The van der Waals surface area contributed by atoms with Gasteiger partial charge in [0.1, 0.15) is 0 Å². The lowest BCUT2D eigenvalue weighted by molar-refractivity contribution is -0.143. The molecular formula is C18H18O2. The Balaban J connectivity index is 1.89. The third kappa shape index (κ3) is 2.11. The van der Waals surface area contributed by atoms with Gasteiger partial charge in [-0.3, -0.25) is 4.79 Å². The first-order chi connectivity index (χ1) is 9.65. The van der Waals surface area contributed by atoms with Crippen molar-refractivity contribution in [2.24, 2.45) is 0 Å². The number of esters is 1. The van der Waals surface area contributed by atoms with Crippen LogP contribution in [0.5, 0.6) is 0 Å². The van der Waals surface area contributed by atoms with Crippen LogP contribution in [0.15, 0.2) is 48.5 Å². The highest BCUT2D eigenvalue weighted by atomic mass is 16.5. The Morgan fingerprint density at radius 2 is 1.45 bits per heavy atom. The van der Waals surface area contributed by atoms with Crippen molar-refractivity contribution >= 4 is 5.97 Å². The minimum absolute atomic E-state index is 0.111. The molecule has 3 rings (SSSR count). The van der Waals surface area contributed by atoms with E-state index in [9.17, 15) is 4.79 Å². The van der Waals surface area contributed by atoms with Gasteiger partial charge in [-0.1, -0.05) is 54.1 Å². The van der Waals surface area contributed by atoms with Gasteiger partial charge in [0.2, 0.25) is 0 Å². The third-order valence-electron chi connectivity index (χ3n) is 4.15. The summed E-state index contributed by atoms with van der Waals surface area (Å²) in [4.78, 5) is 11.9. The quantitative estimate of drug-likeness (QED) is 0.788. The lowest BCUT2D eigenvalue weighted by Gasteiger charge is -2.13. The molecule has 0 aliphatic heterocycles. The number of hydrogen-bond donors (Lipinski definition) is 0. The minimum atomic E-state index is -0.374. The fraction of sp³-hybridized carbons (Fsp3) is 0.278. The third-order valence-corrected chi connectivity index (χ3v) is 4.15. The molecule has 0 amide bonds. The van der Waals surface area contributed by atoms with E-state index in [1.165, 1.54) is 23.8 Å². The highest BCUT2D eigenvalue weighted by molar-refractivity contribution is 5.86. The van der Waals surface area contributed by atoms with Gasteiger partial charge in [-0.15, -0.1) is 0 Å². The summed E-state index contributed by atoms with van der Waals surface area (Å²) in [5, 5.41) is 0. The normalized spacial score (nSPS) is 15.7. The molecule has 0 heterocycles. The lowest BCUT2D eigenvalue weighted by atomic mass is 9.93. The second-order valence-electron chi connectivity index (χ2n) is 5.52. The van der Waals surface area contributed by atoms with Crippen molar-refractivity contribution in [2.45, 2.75) is 25.2 Å². The first-order valence-corrected chi connectivity index (χ1v) is 6.92. The van der Waals surface area contributed by atoms with Crippen LogP contribution in [0.4, 0.5) is 0 Å². The van der Waals surface area contributed by atoms with E-state index in [0.29, 0.717) is 0 Å². The molecule has 2 aromatic carbocycles. The smallest absolute Gasteiger partial charge is 0.316 e. The van der Waals surface area contributed by atoms with Crippen LogP contribution in [0.1, 0.15) is 24.0 Å². The van der Waals surface area contributed by atoms with Gasteiger partial charge in [-0.05, 0) is 36.5 Å². The van der Waals surface area contributed by atoms with Crippen molar-refractivity contribution in [2.75, 3.05) is 7.11 Å². The molecule has 1 saturated carbocycles. The van der Waals surface area contributed by atoms with Crippen LogP contribution >= 0.6 is 0 Å². The standard InChI is InChI=1S/C18H18O2/c1-13-3-5-14(6-4-13)15-7-9-16(10-8-15)18(11-12-18)17(19)20-2/h3-10H,11-12H2,1-2H3. The van der Waals surface area contributed by atoms with Gasteiger partial charge in [0, 0.05) is 0 Å². The van der Waals surface area contributed by atoms with Crippen LogP contribution < -0.4 is 0 Å². The molecule has 2 nitrogen and oxygen atoms in total. The fourth-order valence-electron chi connectivity index (χ4n) is 2.66. The number of benzene rings is 2. The predicted molar refractivity (Wildman–Crippen MR) is 79.5 cm³/mol. The summed E-state index contributed by atoms with van der Waals surface area (Å²) in [6.45, 7) is 2.08. The van der Waals surface area contributed by atoms with Crippen LogP contribution in [0, 0.1) is 6.92 Å². The van der Waals surface area contributed by atoms with Crippen LogP contribution in [0.3, 0.4) is 0 Å². The van der Waals surface area contributed by atoms with Gasteiger partial charge in [0.05, 0.1) is 12.5 Å². The molecule has 1 aliphatic rings. The molecule has 20 heavy (non-hydrogen) atoms. The summed E-state index contributed by atoms with van der Waals surface area (Å²) >= 11 is 0. The minimum Gasteiger partial charge on any atom is -0.468 e. The molecule has 0 spiro atoms. The van der Waals surface area contributed by atoms with Crippen molar-refractivity contribution < 1.29 is 9.53 Å². The van der Waals surface area contributed by atoms with Crippen LogP contribution in [-0.4, -0.2) is 13.1 Å². The Morgan fingerprint density at radius 1 is 0.950 bits per heavy atom. The zero-order chi connectivity index (χ0) is 14.2. The van der Waals surface area contributed by atoms with Gasteiger partial charge in [0.15, 0.2) is 0 Å². The first kappa shape index (κ1) is 12.9. The van der Waals surface area contributed by atoms with E-state index in [0.717, 1.165) is 18.4 Å². The lowest BCUT2D eigenvalue weighted by Crippen LogP contribution is -2.21. The van der Waals surface area contributed by atoms with Gasteiger partial charge < -0.3 is 4.74 Å². The SMILES string of the molecule is COC(=O)C1(c2ccc(-c3ccc(C)cc3)cc2)CC1. The summed E-state index contributed by atoms with van der Waals surface area (Å²) in [7, 11) is 1.46. The van der Waals surface area contributed by atoms with E-state index in [-0.39, 0.29) is 11.4 Å². The number of rotatable bonds is 3. The van der Waals surface area contributed by atoms with E-state index < -0.39 is 0 Å². The Hall–Kier alpha value is -2.09. The van der Waals surface area contributed by atoms with Gasteiger partial charge in [-0.2, -0.15) is 0 Å². The van der Waals surface area contributed by atoms with Gasteiger partial charge in [0.25, 0.3) is 0 Å². The van der Waals surface area contributed by atoms with E-state index >= 15 is 0 Å². The summed E-state index contributed by atoms with van der Waals surface area (Å²) < 4.78 is 4.92. The predicted octanol–water partition coefficient (Wildman–Crippen LogP) is 3.87. The molecule has 2 aromatic rings. The molecule has 0 bridgehead atoms. The second-order valence-corrected chi connectivity index (χ2v) is 5.52. The van der Waals surface area contributed by atoms with Crippen LogP contribution in [-0.2, 0) is 14.9 Å². The summed E-state index contributed by atoms with van der Waals surface area (Å²) in [5.74, 6) is -0.111. The van der Waals surface area contributed by atoms with Crippen LogP contribution in [0.2, 0.25) is 0 Å². The van der Waals surface area contributed by atoms with Crippen molar-refractivity contribution in [1.82, 2.24) is 0 Å². The Bertz CT molecular complexity index is 619. The maximum atomic E-state index is 11.9. The van der Waals surface area contributed by atoms with Crippen molar-refractivity contribution in [3.8, 4) is 11.1 Å². The molecule has 102 valence electrons. The average Bonchev–Trinajstić information content (AvgIpc) is 3.29. The maximum Gasteiger partial charge on any atom is 0.316 e. The first-order valence-electron chi connectivity index (χ1n) is 6.92. The second kappa shape index (κ2) is 4.78. The molecule has 2 heteroatoms. The summed E-state index contributed by atoms with van der Waals surface area (Å²) in [5.41, 5.74) is 4.33. The molecule has 0 saturated heterocycles. The molecule has 0 N–H and O–H groups in total. The monoisotopic (exact) mass is 266 g/mol. The van der Waals surface area contributed by atoms with Crippen LogP contribution in [0.25, 0.3) is 11.1 Å². The van der Waals surface area contributed by atoms with Crippen molar-refractivity contribution in [3.05, 3.63) is 59.7 Å². The molecule has 0 radical (unpaired) electrons. The highest BCUT2D eigenvalue weighted by Crippen LogP contribution is 2.49. The number of carbonyl (C=O) groups is 1. The average molecular weight is 266 g/mol. The number of ether oxygens (including phenoxy) is 1. The number of aryl methyl sites for hydroxylation is 1. The molecular weight excluding hydrogens is 248 g/mol. The van der Waals surface area contributed by atoms with E-state index in [2.05, 4.69) is 55.5 Å². The summed E-state index contributed by atoms with van der Waals surface area (Å²) in [6.07, 6.45) is 1.78. The zero-order valence-electron chi connectivity index (χ0n) is 11.8. The van der Waals surface area contributed by atoms with Gasteiger partial charge >= 0.3 is 5.97 Å².